The number of sulfone groups is 1. The molecule has 2 aromatic heterocycles. The number of rotatable bonds is 4. The molecule has 0 unspecified atom stereocenters. The summed E-state index contributed by atoms with van der Waals surface area (Å²) in [5, 5.41) is 3.86. The average molecular weight is 473 g/mol. The lowest BCUT2D eigenvalue weighted by molar-refractivity contribution is -0.115. The van der Waals surface area contributed by atoms with E-state index in [2.05, 4.69) is 10.3 Å². The summed E-state index contributed by atoms with van der Waals surface area (Å²) in [7, 11) is -3.38. The van der Waals surface area contributed by atoms with Gasteiger partial charge in [-0.15, -0.1) is 0 Å². The standard InChI is InChI=1S/C26H24N4O3S/c1-18-9-10-22-21(14-18)23(29-26(31)15-20-7-4-5-11-27-20)16-25(28-22)30-12-13-34(32,33)24-8-3-2-6-19(24)17-30/h2-11,14,16H,12-13,15,17H2,1H3,(H,28,29,31). The lowest BCUT2D eigenvalue weighted by atomic mass is 10.1. The predicted octanol–water partition coefficient (Wildman–Crippen LogP) is 3.91. The van der Waals surface area contributed by atoms with Crippen molar-refractivity contribution in [2.24, 2.45) is 0 Å². The van der Waals surface area contributed by atoms with E-state index in [0.29, 0.717) is 35.2 Å². The van der Waals surface area contributed by atoms with E-state index in [0.717, 1.165) is 22.0 Å². The second-order valence-corrected chi connectivity index (χ2v) is 10.5. The van der Waals surface area contributed by atoms with Crippen LogP contribution in [-0.4, -0.2) is 36.6 Å². The van der Waals surface area contributed by atoms with Crippen LogP contribution < -0.4 is 10.2 Å². The molecule has 34 heavy (non-hydrogen) atoms. The number of aryl methyl sites for hydroxylation is 1. The zero-order valence-corrected chi connectivity index (χ0v) is 19.5. The minimum atomic E-state index is -3.38. The first kappa shape index (κ1) is 22.0. The number of anilines is 2. The predicted molar refractivity (Wildman–Crippen MR) is 133 cm³/mol. The summed E-state index contributed by atoms with van der Waals surface area (Å²) in [6.07, 6.45) is 1.82. The minimum absolute atomic E-state index is 0.000995. The zero-order valence-electron chi connectivity index (χ0n) is 18.7. The maximum Gasteiger partial charge on any atom is 0.230 e. The topological polar surface area (TPSA) is 92.3 Å². The first-order valence-corrected chi connectivity index (χ1v) is 12.7. The Morgan fingerprint density at radius 2 is 1.88 bits per heavy atom. The van der Waals surface area contributed by atoms with Crippen molar-refractivity contribution < 1.29 is 13.2 Å². The number of amides is 1. The molecule has 0 saturated heterocycles. The summed E-state index contributed by atoms with van der Waals surface area (Å²) < 4.78 is 25.6. The summed E-state index contributed by atoms with van der Waals surface area (Å²) in [6.45, 7) is 2.72. The van der Waals surface area contributed by atoms with Crippen LogP contribution in [-0.2, 0) is 27.6 Å². The van der Waals surface area contributed by atoms with Crippen molar-refractivity contribution in [3.8, 4) is 0 Å². The Morgan fingerprint density at radius 3 is 2.71 bits per heavy atom. The second-order valence-electron chi connectivity index (χ2n) is 8.44. The van der Waals surface area contributed by atoms with Crippen LogP contribution in [0.15, 0.2) is 77.8 Å². The van der Waals surface area contributed by atoms with E-state index >= 15 is 0 Å². The second kappa shape index (κ2) is 8.87. The molecule has 0 spiro atoms. The molecule has 172 valence electrons. The molecule has 0 bridgehead atoms. The number of benzene rings is 2. The number of hydrogen-bond donors (Lipinski definition) is 1. The van der Waals surface area contributed by atoms with E-state index < -0.39 is 9.84 Å². The Bertz CT molecular complexity index is 1490. The van der Waals surface area contributed by atoms with Crippen LogP contribution in [0.2, 0.25) is 0 Å². The van der Waals surface area contributed by atoms with Crippen molar-refractivity contribution in [2.45, 2.75) is 24.8 Å². The van der Waals surface area contributed by atoms with Gasteiger partial charge < -0.3 is 10.2 Å². The average Bonchev–Trinajstić information content (AvgIpc) is 2.96. The van der Waals surface area contributed by atoms with Gasteiger partial charge in [-0.1, -0.05) is 35.9 Å². The molecule has 4 aromatic rings. The van der Waals surface area contributed by atoms with Crippen molar-refractivity contribution in [2.75, 3.05) is 22.5 Å². The van der Waals surface area contributed by atoms with E-state index in [1.54, 1.807) is 18.3 Å². The van der Waals surface area contributed by atoms with Crippen LogP contribution >= 0.6 is 0 Å². The van der Waals surface area contributed by atoms with Gasteiger partial charge in [0.05, 0.1) is 28.3 Å². The summed E-state index contributed by atoms with van der Waals surface area (Å²) in [5.74, 6) is 0.442. The van der Waals surface area contributed by atoms with Crippen LogP contribution in [0.5, 0.6) is 0 Å². The van der Waals surface area contributed by atoms with Crippen molar-refractivity contribution in [1.82, 2.24) is 9.97 Å². The van der Waals surface area contributed by atoms with Gasteiger partial charge in [-0.25, -0.2) is 13.4 Å². The number of hydrogen-bond acceptors (Lipinski definition) is 6. The largest absolute Gasteiger partial charge is 0.351 e. The number of aromatic nitrogens is 2. The quantitative estimate of drug-likeness (QED) is 0.484. The zero-order chi connectivity index (χ0) is 23.7. The monoisotopic (exact) mass is 472 g/mol. The molecule has 3 heterocycles. The van der Waals surface area contributed by atoms with E-state index in [1.165, 1.54) is 0 Å². The van der Waals surface area contributed by atoms with E-state index in [1.807, 2.05) is 66.4 Å². The fourth-order valence-electron chi connectivity index (χ4n) is 4.21. The molecular formula is C26H24N4O3S. The normalized spacial score (nSPS) is 14.9. The Kier molecular flexibility index (Phi) is 5.75. The number of nitrogens with one attached hydrogen (secondary N) is 1. The van der Waals surface area contributed by atoms with Crippen LogP contribution in [0.1, 0.15) is 16.8 Å². The molecule has 5 rings (SSSR count). The minimum Gasteiger partial charge on any atom is -0.351 e. The van der Waals surface area contributed by atoms with E-state index in [9.17, 15) is 13.2 Å². The molecule has 1 N–H and O–H groups in total. The number of nitrogens with zero attached hydrogens (tertiary/aromatic N) is 3. The molecule has 0 aliphatic carbocycles. The fourth-order valence-corrected chi connectivity index (χ4v) is 5.71. The number of carbonyl (C=O) groups excluding carboxylic acids is 1. The van der Waals surface area contributed by atoms with E-state index in [4.69, 9.17) is 4.98 Å². The van der Waals surface area contributed by atoms with Crippen LogP contribution in [0.3, 0.4) is 0 Å². The van der Waals surface area contributed by atoms with E-state index in [-0.39, 0.29) is 18.1 Å². The lowest BCUT2D eigenvalue weighted by Gasteiger charge is -2.23. The molecule has 1 aliphatic rings. The smallest absolute Gasteiger partial charge is 0.230 e. The summed E-state index contributed by atoms with van der Waals surface area (Å²) in [6, 6.07) is 20.3. The molecule has 2 aromatic carbocycles. The molecule has 0 atom stereocenters. The third-order valence-corrected chi connectivity index (χ3v) is 7.70. The maximum atomic E-state index is 12.8. The van der Waals surface area contributed by atoms with Crippen molar-refractivity contribution in [1.29, 1.82) is 0 Å². The van der Waals surface area contributed by atoms with Gasteiger partial charge in [0.25, 0.3) is 0 Å². The Labute approximate surface area is 198 Å². The van der Waals surface area contributed by atoms with Gasteiger partial charge in [0.15, 0.2) is 9.84 Å². The highest BCUT2D eigenvalue weighted by Crippen LogP contribution is 2.31. The van der Waals surface area contributed by atoms with Crippen LogP contribution in [0, 0.1) is 6.92 Å². The van der Waals surface area contributed by atoms with Gasteiger partial charge in [0.1, 0.15) is 5.82 Å². The van der Waals surface area contributed by atoms with Gasteiger partial charge in [-0.2, -0.15) is 0 Å². The third kappa shape index (κ3) is 4.49. The Balaban J connectivity index is 1.52. The molecule has 0 radical (unpaired) electrons. The first-order chi connectivity index (χ1) is 16.4. The highest BCUT2D eigenvalue weighted by atomic mass is 32.2. The lowest BCUT2D eigenvalue weighted by Crippen LogP contribution is -2.27. The van der Waals surface area contributed by atoms with Crippen LogP contribution in [0.4, 0.5) is 11.5 Å². The molecule has 1 amide bonds. The van der Waals surface area contributed by atoms with Gasteiger partial charge in [-0.05, 0) is 42.8 Å². The maximum absolute atomic E-state index is 12.8. The molecule has 0 fully saturated rings. The van der Waals surface area contributed by atoms with Gasteiger partial charge >= 0.3 is 0 Å². The van der Waals surface area contributed by atoms with Crippen molar-refractivity contribution in [3.05, 3.63) is 89.7 Å². The molecule has 8 heteroatoms. The Morgan fingerprint density at radius 1 is 1.06 bits per heavy atom. The molecule has 0 saturated carbocycles. The third-order valence-electron chi connectivity index (χ3n) is 5.92. The molecular weight excluding hydrogens is 448 g/mol. The molecule has 7 nitrogen and oxygen atoms in total. The first-order valence-electron chi connectivity index (χ1n) is 11.1. The summed E-state index contributed by atoms with van der Waals surface area (Å²) in [4.78, 5) is 24.2. The fraction of sp³-hybridized carbons (Fsp3) is 0.192. The summed E-state index contributed by atoms with van der Waals surface area (Å²) in [5.41, 5.74) is 3.86. The summed E-state index contributed by atoms with van der Waals surface area (Å²) >= 11 is 0. The highest BCUT2D eigenvalue weighted by molar-refractivity contribution is 7.91. The van der Waals surface area contributed by atoms with Gasteiger partial charge in [-0.3, -0.25) is 9.78 Å². The van der Waals surface area contributed by atoms with Gasteiger partial charge in [0.2, 0.25) is 5.91 Å². The number of fused-ring (bicyclic) bond motifs is 2. The van der Waals surface area contributed by atoms with Crippen LogP contribution in [0.25, 0.3) is 10.9 Å². The van der Waals surface area contributed by atoms with Crippen molar-refractivity contribution >= 4 is 38.2 Å². The molecule has 1 aliphatic heterocycles. The number of carbonyl (C=O) groups is 1. The number of pyridine rings is 2. The SMILES string of the molecule is Cc1ccc2nc(N3CCS(=O)(=O)c4ccccc4C3)cc(NC(=O)Cc3ccccn3)c2c1. The van der Waals surface area contributed by atoms with Gasteiger partial charge in [0, 0.05) is 36.4 Å². The highest BCUT2D eigenvalue weighted by Gasteiger charge is 2.26. The Hall–Kier alpha value is -3.78. The van der Waals surface area contributed by atoms with Crippen molar-refractivity contribution in [3.63, 3.8) is 0 Å².